The molecule has 0 radical (unpaired) electrons. The van der Waals surface area contributed by atoms with Gasteiger partial charge in [0.1, 0.15) is 17.2 Å². The molecule has 49 heavy (non-hydrogen) atoms. The third-order valence-electron chi connectivity index (χ3n) is 7.35. The summed E-state index contributed by atoms with van der Waals surface area (Å²) in [6.07, 6.45) is 3.82. The normalized spacial score (nSPS) is 11.4. The second-order valence-electron chi connectivity index (χ2n) is 10.9. The zero-order chi connectivity index (χ0) is 35.0. The number of nitrogens with zero attached hydrogens (tertiary/aromatic N) is 2. The van der Waals surface area contributed by atoms with Crippen LogP contribution in [0.3, 0.4) is 0 Å². The molecule has 0 heterocycles. The Hall–Kier alpha value is -5.83. The topological polar surface area (TPSA) is 113 Å². The number of aryl methyl sites for hydroxylation is 1. The molecule has 0 spiro atoms. The lowest BCUT2D eigenvalue weighted by molar-refractivity contribution is -0.137. The van der Waals surface area contributed by atoms with E-state index in [1.54, 1.807) is 60.7 Å². The molecule has 4 rings (SSSR count). The Labute approximate surface area is 286 Å². The van der Waals surface area contributed by atoms with Gasteiger partial charge < -0.3 is 18.9 Å². The highest BCUT2D eigenvalue weighted by atomic mass is 16.5. The van der Waals surface area contributed by atoms with E-state index in [1.807, 2.05) is 57.2 Å². The molecule has 0 atom stereocenters. The van der Waals surface area contributed by atoms with Gasteiger partial charge in [-0.3, -0.25) is 0 Å². The summed E-state index contributed by atoms with van der Waals surface area (Å²) in [5.41, 5.74) is 5.26. The van der Waals surface area contributed by atoms with Crippen molar-refractivity contribution in [1.29, 1.82) is 0 Å². The van der Waals surface area contributed by atoms with Gasteiger partial charge in [0.2, 0.25) is 0 Å². The first kappa shape index (κ1) is 36.0. The molecule has 0 N–H and O–H groups in total. The largest absolute Gasteiger partial charge is 0.494 e. The van der Waals surface area contributed by atoms with Crippen LogP contribution in [-0.2, 0) is 9.53 Å². The van der Waals surface area contributed by atoms with Gasteiger partial charge in [0.15, 0.2) is 0 Å². The summed E-state index contributed by atoms with van der Waals surface area (Å²) < 4.78 is 21.7. The van der Waals surface area contributed by atoms with Crippen LogP contribution in [0.2, 0.25) is 0 Å². The van der Waals surface area contributed by atoms with Gasteiger partial charge in [-0.15, -0.1) is 0 Å². The summed E-state index contributed by atoms with van der Waals surface area (Å²) in [5.74, 6) is 0.143. The number of hydrogen-bond donors (Lipinski definition) is 0. The van der Waals surface area contributed by atoms with Crippen molar-refractivity contribution >= 4 is 29.3 Å². The second-order valence-corrected chi connectivity index (χ2v) is 10.9. The molecule has 0 amide bonds. The Balaban J connectivity index is 1.30. The van der Waals surface area contributed by atoms with Crippen LogP contribution in [0.1, 0.15) is 76.9 Å². The first-order valence-corrected chi connectivity index (χ1v) is 16.2. The predicted octanol–water partition coefficient (Wildman–Crippen LogP) is 8.34. The summed E-state index contributed by atoms with van der Waals surface area (Å²) in [6, 6.07) is 28.3. The van der Waals surface area contributed by atoms with Gasteiger partial charge >= 0.3 is 17.9 Å². The van der Waals surface area contributed by atoms with Gasteiger partial charge in [-0.05, 0) is 129 Å². The number of unbranched alkanes of at least 4 members (excludes halogenated alkanes) is 1. The zero-order valence-corrected chi connectivity index (χ0v) is 28.0. The summed E-state index contributed by atoms with van der Waals surface area (Å²) in [7, 11) is 0. The van der Waals surface area contributed by atoms with Gasteiger partial charge in [0.25, 0.3) is 0 Å². The molecule has 0 saturated carbocycles. The maximum absolute atomic E-state index is 12.7. The van der Waals surface area contributed by atoms with Crippen molar-refractivity contribution in [2.45, 2.75) is 46.5 Å². The van der Waals surface area contributed by atoms with Crippen molar-refractivity contribution in [1.82, 2.24) is 0 Å². The number of ether oxygens (including phenoxy) is 4. The molecule has 9 nitrogen and oxygen atoms in total. The minimum atomic E-state index is -0.485. The van der Waals surface area contributed by atoms with Crippen molar-refractivity contribution in [3.63, 3.8) is 0 Å². The molecule has 0 aliphatic carbocycles. The molecule has 0 saturated heterocycles. The molecular formula is C40H40N2O7. The first-order chi connectivity index (χ1) is 23.8. The average molecular weight is 661 g/mol. The Kier molecular flexibility index (Phi) is 13.6. The number of carbonyl (C=O) groups excluding carboxylic acids is 3. The lowest BCUT2D eigenvalue weighted by Crippen LogP contribution is -2.09. The number of carbonyl (C=O) groups is 3. The molecule has 4 aromatic rings. The number of benzene rings is 4. The van der Waals surface area contributed by atoms with Gasteiger partial charge in [-0.2, -0.15) is 10.2 Å². The van der Waals surface area contributed by atoms with E-state index in [2.05, 4.69) is 16.8 Å². The van der Waals surface area contributed by atoms with Crippen LogP contribution < -0.4 is 14.2 Å². The molecule has 0 aromatic heterocycles. The van der Waals surface area contributed by atoms with E-state index >= 15 is 0 Å². The fourth-order valence-electron chi connectivity index (χ4n) is 4.55. The van der Waals surface area contributed by atoms with Crippen molar-refractivity contribution in [3.8, 4) is 17.2 Å². The van der Waals surface area contributed by atoms with Crippen LogP contribution in [0, 0.1) is 6.92 Å². The van der Waals surface area contributed by atoms with Crippen LogP contribution in [0.4, 0.5) is 0 Å². The van der Waals surface area contributed by atoms with E-state index in [0.717, 1.165) is 34.2 Å². The number of rotatable bonds is 16. The van der Waals surface area contributed by atoms with Crippen LogP contribution in [0.5, 0.6) is 17.2 Å². The average Bonchev–Trinajstić information content (AvgIpc) is 3.13. The Morgan fingerprint density at radius 1 is 0.592 bits per heavy atom. The van der Waals surface area contributed by atoms with Crippen molar-refractivity contribution in [2.75, 3.05) is 13.2 Å². The molecule has 0 fully saturated rings. The number of hydrogen-bond acceptors (Lipinski definition) is 9. The third kappa shape index (κ3) is 11.1. The van der Waals surface area contributed by atoms with E-state index in [4.69, 9.17) is 18.9 Å². The molecular weight excluding hydrogens is 620 g/mol. The van der Waals surface area contributed by atoms with E-state index in [-0.39, 0.29) is 0 Å². The first-order valence-electron chi connectivity index (χ1n) is 16.2. The van der Waals surface area contributed by atoms with E-state index in [0.29, 0.717) is 67.3 Å². The van der Waals surface area contributed by atoms with Gasteiger partial charge in [0, 0.05) is 6.08 Å². The minimum absolute atomic E-state index is 0.313. The standard InChI is InChI=1S/C40H40N2O7/c1-5-36(29-14-22-34(23-15-29)48-39(44)31-12-10-28(4)11-13-31)41-42-37(6-2)30-16-24-35(25-17-30)49-40(45)32-18-20-33(21-19-32)46-26-8-9-27-47-38(43)7-3/h7,10-25H,3,5-6,8-9,26-27H2,1-2,4H3/b41-36+,42-37+. The minimum Gasteiger partial charge on any atom is -0.494 e. The molecule has 0 unspecified atom stereocenters. The Morgan fingerprint density at radius 3 is 1.45 bits per heavy atom. The van der Waals surface area contributed by atoms with Gasteiger partial charge in [-0.1, -0.05) is 38.1 Å². The van der Waals surface area contributed by atoms with Crippen LogP contribution in [-0.4, -0.2) is 42.5 Å². The summed E-state index contributed by atoms with van der Waals surface area (Å²) in [4.78, 5) is 36.2. The highest BCUT2D eigenvalue weighted by Gasteiger charge is 2.12. The summed E-state index contributed by atoms with van der Waals surface area (Å²) >= 11 is 0. The molecule has 0 bridgehead atoms. The zero-order valence-electron chi connectivity index (χ0n) is 28.0. The monoisotopic (exact) mass is 660 g/mol. The highest BCUT2D eigenvalue weighted by molar-refractivity contribution is 6.03. The van der Waals surface area contributed by atoms with Crippen LogP contribution in [0.15, 0.2) is 120 Å². The molecule has 9 heteroatoms. The van der Waals surface area contributed by atoms with Crippen LogP contribution >= 0.6 is 0 Å². The molecule has 4 aromatic carbocycles. The van der Waals surface area contributed by atoms with Crippen LogP contribution in [0.25, 0.3) is 0 Å². The maximum Gasteiger partial charge on any atom is 0.343 e. The molecule has 0 aliphatic rings. The predicted molar refractivity (Wildman–Crippen MR) is 190 cm³/mol. The SMILES string of the molecule is C=CC(=O)OCCCCOc1ccc(C(=O)Oc2ccc(/C(CC)=N/N=C(\CC)c3ccc(OC(=O)c4ccc(C)cc4)cc3)cc2)cc1. The fraction of sp³-hybridized carbons (Fsp3) is 0.225. The third-order valence-corrected chi connectivity index (χ3v) is 7.35. The number of esters is 3. The summed E-state index contributed by atoms with van der Waals surface area (Å²) in [6.45, 7) is 10.1. The smallest absolute Gasteiger partial charge is 0.343 e. The van der Waals surface area contributed by atoms with Crippen molar-refractivity contribution in [3.05, 3.63) is 138 Å². The Bertz CT molecular complexity index is 1770. The van der Waals surface area contributed by atoms with Gasteiger partial charge in [-0.25, -0.2) is 14.4 Å². The van der Waals surface area contributed by atoms with Crippen molar-refractivity contribution < 1.29 is 33.3 Å². The maximum atomic E-state index is 12.7. The van der Waals surface area contributed by atoms with Gasteiger partial charge in [0.05, 0.1) is 35.8 Å². The van der Waals surface area contributed by atoms with E-state index in [9.17, 15) is 14.4 Å². The van der Waals surface area contributed by atoms with Crippen molar-refractivity contribution in [2.24, 2.45) is 10.2 Å². The quantitative estimate of drug-likeness (QED) is 0.0297. The molecule has 0 aliphatic heterocycles. The second kappa shape index (κ2) is 18.5. The fourth-order valence-corrected chi connectivity index (χ4v) is 4.55. The lowest BCUT2D eigenvalue weighted by atomic mass is 10.1. The molecule has 252 valence electrons. The Morgan fingerprint density at radius 2 is 1.00 bits per heavy atom. The highest BCUT2D eigenvalue weighted by Crippen LogP contribution is 2.20. The lowest BCUT2D eigenvalue weighted by Gasteiger charge is -2.09. The van der Waals surface area contributed by atoms with E-state index < -0.39 is 17.9 Å². The summed E-state index contributed by atoms with van der Waals surface area (Å²) in [5, 5.41) is 9.09. The van der Waals surface area contributed by atoms with E-state index in [1.165, 1.54) is 0 Å².